The molecule has 0 aliphatic heterocycles. The molecular weight excluding hydrogens is 377 g/mol. The number of carbonyl (C=O) groups is 1. The lowest BCUT2D eigenvalue weighted by molar-refractivity contribution is 0.0911. The molecule has 1 aliphatic rings. The van der Waals surface area contributed by atoms with Crippen molar-refractivity contribution in [3.63, 3.8) is 0 Å². The second-order valence-corrected chi connectivity index (χ2v) is 6.50. The first-order valence-electron chi connectivity index (χ1n) is 6.43. The van der Waals surface area contributed by atoms with Gasteiger partial charge < -0.3 is 5.32 Å². The first kappa shape index (κ1) is 15.0. The highest BCUT2D eigenvalue weighted by Crippen LogP contribution is 2.26. The van der Waals surface area contributed by atoms with Crippen molar-refractivity contribution in [3.8, 4) is 0 Å². The molecule has 1 saturated carbocycles. The molecule has 1 fully saturated rings. The van der Waals surface area contributed by atoms with E-state index in [0.29, 0.717) is 16.0 Å². The van der Waals surface area contributed by atoms with Crippen molar-refractivity contribution in [1.29, 1.82) is 0 Å². The van der Waals surface area contributed by atoms with E-state index in [9.17, 15) is 9.18 Å². The second kappa shape index (κ2) is 6.84. The maximum atomic E-state index is 13.3. The van der Waals surface area contributed by atoms with Gasteiger partial charge >= 0.3 is 0 Å². The van der Waals surface area contributed by atoms with Crippen molar-refractivity contribution in [2.75, 3.05) is 5.33 Å². The highest BCUT2D eigenvalue weighted by atomic mass is 79.9. The van der Waals surface area contributed by atoms with E-state index in [4.69, 9.17) is 0 Å². The third-order valence-electron chi connectivity index (χ3n) is 3.55. The number of carbonyl (C=O) groups excluding carboxylic acids is 1. The Morgan fingerprint density at radius 3 is 2.74 bits per heavy atom. The van der Waals surface area contributed by atoms with E-state index in [-0.39, 0.29) is 11.9 Å². The molecule has 5 heteroatoms. The first-order valence-corrected chi connectivity index (χ1v) is 8.34. The van der Waals surface area contributed by atoms with Gasteiger partial charge in [-0.1, -0.05) is 44.7 Å². The summed E-state index contributed by atoms with van der Waals surface area (Å²) in [4.78, 5) is 12.2. The third-order valence-corrected chi connectivity index (χ3v) is 4.84. The zero-order valence-corrected chi connectivity index (χ0v) is 13.6. The predicted octanol–water partition coefficient (Wildman–Crippen LogP) is 4.27. The van der Waals surface area contributed by atoms with Crippen molar-refractivity contribution < 1.29 is 9.18 Å². The summed E-state index contributed by atoms with van der Waals surface area (Å²) in [7, 11) is 0. The van der Waals surface area contributed by atoms with E-state index in [2.05, 4.69) is 37.2 Å². The summed E-state index contributed by atoms with van der Waals surface area (Å²) in [5.74, 6) is -0.132. The molecule has 2 rings (SSSR count). The van der Waals surface area contributed by atoms with Gasteiger partial charge in [-0.2, -0.15) is 0 Å². The number of rotatable bonds is 3. The smallest absolute Gasteiger partial charge is 0.251 e. The molecule has 0 radical (unpaired) electrons. The lowest BCUT2D eigenvalue weighted by atomic mass is 9.86. The van der Waals surface area contributed by atoms with Crippen molar-refractivity contribution in [2.24, 2.45) is 5.92 Å². The number of amides is 1. The highest BCUT2D eigenvalue weighted by molar-refractivity contribution is 9.10. The average Bonchev–Trinajstić information content (AvgIpc) is 2.38. The van der Waals surface area contributed by atoms with Crippen LogP contribution in [0.2, 0.25) is 0 Å². The lowest BCUT2D eigenvalue weighted by Gasteiger charge is -2.31. The van der Waals surface area contributed by atoms with Crippen molar-refractivity contribution in [2.45, 2.75) is 31.7 Å². The fraction of sp³-hybridized carbons (Fsp3) is 0.500. The van der Waals surface area contributed by atoms with Gasteiger partial charge in [0.15, 0.2) is 0 Å². The number of halogens is 3. The molecule has 1 aromatic rings. The van der Waals surface area contributed by atoms with E-state index >= 15 is 0 Å². The maximum Gasteiger partial charge on any atom is 0.251 e. The highest BCUT2D eigenvalue weighted by Gasteiger charge is 2.26. The number of hydrogen-bond acceptors (Lipinski definition) is 1. The van der Waals surface area contributed by atoms with Gasteiger partial charge in [-0.15, -0.1) is 0 Å². The summed E-state index contributed by atoms with van der Waals surface area (Å²) < 4.78 is 13.9. The van der Waals surface area contributed by atoms with Crippen molar-refractivity contribution in [1.82, 2.24) is 5.32 Å². The standard InChI is InChI=1S/C14H16Br2FNO/c15-8-9-3-1-2-4-13(9)18-14(19)10-5-11(16)7-12(17)6-10/h5-7,9,13H,1-4,8H2,(H,18,19). The molecule has 19 heavy (non-hydrogen) atoms. The molecule has 104 valence electrons. The molecule has 2 atom stereocenters. The van der Waals surface area contributed by atoms with E-state index < -0.39 is 5.82 Å². The minimum Gasteiger partial charge on any atom is -0.349 e. The Bertz CT molecular complexity index is 447. The zero-order valence-electron chi connectivity index (χ0n) is 10.5. The van der Waals surface area contributed by atoms with Crippen LogP contribution >= 0.6 is 31.9 Å². The van der Waals surface area contributed by atoms with Crippen LogP contribution in [0.15, 0.2) is 22.7 Å². The fourth-order valence-corrected chi connectivity index (χ4v) is 3.76. The van der Waals surface area contributed by atoms with Gasteiger partial charge in [-0.3, -0.25) is 4.79 Å². The summed E-state index contributed by atoms with van der Waals surface area (Å²) in [6, 6.07) is 4.44. The minimum atomic E-state index is -0.403. The van der Waals surface area contributed by atoms with Crippen LogP contribution in [0.4, 0.5) is 4.39 Å². The Hall–Kier alpha value is -0.420. The Kier molecular flexibility index (Phi) is 5.39. The minimum absolute atomic E-state index is 0.183. The number of nitrogens with one attached hydrogen (secondary N) is 1. The van der Waals surface area contributed by atoms with E-state index in [1.165, 1.54) is 18.6 Å². The van der Waals surface area contributed by atoms with Crippen LogP contribution < -0.4 is 5.32 Å². The molecular formula is C14H16Br2FNO. The summed E-state index contributed by atoms with van der Waals surface area (Å²) in [6.07, 6.45) is 4.48. The molecule has 0 heterocycles. The van der Waals surface area contributed by atoms with Gasteiger partial charge in [0, 0.05) is 21.4 Å². The fourth-order valence-electron chi connectivity index (χ4n) is 2.52. The van der Waals surface area contributed by atoms with Crippen LogP contribution in [0.1, 0.15) is 36.0 Å². The molecule has 1 aromatic carbocycles. The first-order chi connectivity index (χ1) is 9.10. The number of hydrogen-bond donors (Lipinski definition) is 1. The Morgan fingerprint density at radius 1 is 1.32 bits per heavy atom. The summed E-state index contributed by atoms with van der Waals surface area (Å²) >= 11 is 6.71. The van der Waals surface area contributed by atoms with E-state index in [0.717, 1.165) is 24.6 Å². The monoisotopic (exact) mass is 391 g/mol. The van der Waals surface area contributed by atoms with E-state index in [1.807, 2.05) is 0 Å². The normalized spacial score (nSPS) is 23.1. The van der Waals surface area contributed by atoms with Gasteiger partial charge in [0.2, 0.25) is 0 Å². The molecule has 2 unspecified atom stereocenters. The van der Waals surface area contributed by atoms with Crippen LogP contribution in [-0.2, 0) is 0 Å². The largest absolute Gasteiger partial charge is 0.349 e. The van der Waals surface area contributed by atoms with Gasteiger partial charge in [0.25, 0.3) is 5.91 Å². The van der Waals surface area contributed by atoms with Crippen LogP contribution in [0.25, 0.3) is 0 Å². The number of benzene rings is 1. The van der Waals surface area contributed by atoms with Gasteiger partial charge in [-0.25, -0.2) is 4.39 Å². The molecule has 0 saturated heterocycles. The van der Waals surface area contributed by atoms with Crippen molar-refractivity contribution >= 4 is 37.8 Å². The summed E-state index contributed by atoms with van der Waals surface area (Å²) in [5, 5.41) is 3.93. The molecule has 1 N–H and O–H groups in total. The second-order valence-electron chi connectivity index (χ2n) is 4.94. The average molecular weight is 393 g/mol. The van der Waals surface area contributed by atoms with Crippen LogP contribution in [0.5, 0.6) is 0 Å². The van der Waals surface area contributed by atoms with Crippen LogP contribution in [0, 0.1) is 11.7 Å². The summed E-state index contributed by atoms with van der Waals surface area (Å²) in [6.45, 7) is 0. The molecule has 0 bridgehead atoms. The molecule has 0 aromatic heterocycles. The van der Waals surface area contributed by atoms with Crippen LogP contribution in [-0.4, -0.2) is 17.3 Å². The van der Waals surface area contributed by atoms with Crippen LogP contribution in [0.3, 0.4) is 0 Å². The molecule has 0 spiro atoms. The van der Waals surface area contributed by atoms with E-state index in [1.54, 1.807) is 6.07 Å². The third kappa shape index (κ3) is 4.02. The van der Waals surface area contributed by atoms with Crippen molar-refractivity contribution in [3.05, 3.63) is 34.1 Å². The molecule has 1 aliphatic carbocycles. The van der Waals surface area contributed by atoms with Gasteiger partial charge in [0.05, 0.1) is 0 Å². The Morgan fingerprint density at radius 2 is 2.05 bits per heavy atom. The van der Waals surface area contributed by atoms with Gasteiger partial charge in [0.1, 0.15) is 5.82 Å². The predicted molar refractivity (Wildman–Crippen MR) is 81.1 cm³/mol. The molecule has 1 amide bonds. The topological polar surface area (TPSA) is 29.1 Å². The SMILES string of the molecule is O=C(NC1CCCCC1CBr)c1cc(F)cc(Br)c1. The Balaban J connectivity index is 2.07. The number of alkyl halides is 1. The van der Waals surface area contributed by atoms with Gasteiger partial charge in [-0.05, 0) is 37.0 Å². The zero-order chi connectivity index (χ0) is 13.8. The quantitative estimate of drug-likeness (QED) is 0.764. The summed E-state index contributed by atoms with van der Waals surface area (Å²) in [5.41, 5.74) is 0.366. The lowest BCUT2D eigenvalue weighted by Crippen LogP contribution is -2.42. The molecule has 2 nitrogen and oxygen atoms in total. The maximum absolute atomic E-state index is 13.3. The Labute approximate surface area is 129 Å².